The van der Waals surface area contributed by atoms with E-state index >= 15 is 0 Å². The van der Waals surface area contributed by atoms with E-state index in [-0.39, 0.29) is 30.3 Å². The Balaban J connectivity index is 1.52. The van der Waals surface area contributed by atoms with Gasteiger partial charge in [-0.3, -0.25) is 9.59 Å². The van der Waals surface area contributed by atoms with Gasteiger partial charge in [-0.05, 0) is 19.3 Å². The van der Waals surface area contributed by atoms with Crippen LogP contribution in [-0.2, 0) is 28.5 Å². The van der Waals surface area contributed by atoms with Crippen molar-refractivity contribution in [1.29, 1.82) is 0 Å². The second kappa shape index (κ2) is 4.18. The first-order valence-electron chi connectivity index (χ1n) is 7.26. The van der Waals surface area contributed by atoms with Gasteiger partial charge in [0, 0.05) is 24.9 Å². The van der Waals surface area contributed by atoms with Gasteiger partial charge in [0.05, 0.1) is 13.2 Å². The molecule has 6 nitrogen and oxygen atoms in total. The number of rotatable bonds is 3. The molecular weight excluding hydrogens is 264 g/mol. The molecule has 2 unspecified atom stereocenters. The monoisotopic (exact) mass is 282 g/mol. The number of hydrogen-bond donors (Lipinski definition) is 0. The summed E-state index contributed by atoms with van der Waals surface area (Å²) < 4.78 is 21.7. The Bertz CT molecular complexity index is 447. The fourth-order valence-corrected chi connectivity index (χ4v) is 4.32. The Labute approximate surface area is 116 Å². The zero-order valence-corrected chi connectivity index (χ0v) is 11.4. The topological polar surface area (TPSA) is 71.1 Å². The number of esters is 2. The Morgan fingerprint density at radius 1 is 1.35 bits per heavy atom. The van der Waals surface area contributed by atoms with Crippen LogP contribution in [0, 0.1) is 17.3 Å². The first kappa shape index (κ1) is 12.6. The summed E-state index contributed by atoms with van der Waals surface area (Å²) in [6.07, 6.45) is 3.15. The summed E-state index contributed by atoms with van der Waals surface area (Å²) in [4.78, 5) is 24.0. The predicted octanol–water partition coefficient (Wildman–Crippen LogP) is 0.633. The molecule has 2 saturated carbocycles. The Morgan fingerprint density at radius 2 is 2.20 bits per heavy atom. The Kier molecular flexibility index (Phi) is 2.63. The van der Waals surface area contributed by atoms with Crippen LogP contribution in [-0.4, -0.2) is 44.2 Å². The zero-order chi connectivity index (χ0) is 13.9. The maximum absolute atomic E-state index is 12.0. The fourth-order valence-electron chi connectivity index (χ4n) is 4.32. The molecule has 2 aliphatic carbocycles. The third-order valence-electron chi connectivity index (χ3n) is 5.18. The molecule has 4 rings (SSSR count). The molecule has 0 amide bonds. The highest BCUT2D eigenvalue weighted by Gasteiger charge is 2.88. The van der Waals surface area contributed by atoms with Crippen molar-refractivity contribution < 1.29 is 28.5 Å². The van der Waals surface area contributed by atoms with Gasteiger partial charge in [-0.15, -0.1) is 0 Å². The molecule has 2 aliphatic heterocycles. The summed E-state index contributed by atoms with van der Waals surface area (Å²) in [5.74, 6) is -1.05. The second-order valence-corrected chi connectivity index (χ2v) is 6.06. The van der Waals surface area contributed by atoms with E-state index in [1.54, 1.807) is 0 Å². The van der Waals surface area contributed by atoms with E-state index in [0.717, 1.165) is 19.3 Å². The van der Waals surface area contributed by atoms with E-state index in [9.17, 15) is 9.59 Å². The summed E-state index contributed by atoms with van der Waals surface area (Å²) in [6, 6.07) is 0. The summed E-state index contributed by atoms with van der Waals surface area (Å²) in [7, 11) is 1.31. The van der Waals surface area contributed by atoms with Crippen LogP contribution in [0.1, 0.15) is 25.7 Å². The smallest absolute Gasteiger partial charge is 0.324 e. The molecule has 2 heterocycles. The van der Waals surface area contributed by atoms with E-state index < -0.39 is 17.4 Å². The van der Waals surface area contributed by atoms with Gasteiger partial charge >= 0.3 is 11.9 Å². The van der Waals surface area contributed by atoms with Crippen molar-refractivity contribution in [2.75, 3.05) is 13.7 Å². The largest absolute Gasteiger partial charge is 0.468 e. The first-order chi connectivity index (χ1) is 9.69. The minimum atomic E-state index is -1.09. The third-order valence-corrected chi connectivity index (χ3v) is 5.18. The SMILES string of the molecule is COC(=O)C12C(=O)O[C@H]3C[C@@H](OC4CCCCO4)[C@@H]1[C@H]32. The van der Waals surface area contributed by atoms with E-state index in [1.807, 2.05) is 0 Å². The normalized spacial score (nSPS) is 48.6. The van der Waals surface area contributed by atoms with E-state index in [2.05, 4.69) is 0 Å². The van der Waals surface area contributed by atoms with Crippen LogP contribution in [0.5, 0.6) is 0 Å². The Hall–Kier alpha value is -1.14. The lowest BCUT2D eigenvalue weighted by molar-refractivity contribution is -0.194. The number of hydrogen-bond acceptors (Lipinski definition) is 6. The van der Waals surface area contributed by atoms with Gasteiger partial charge in [0.1, 0.15) is 6.10 Å². The van der Waals surface area contributed by atoms with Crippen molar-refractivity contribution >= 4 is 11.9 Å². The van der Waals surface area contributed by atoms with Crippen LogP contribution < -0.4 is 0 Å². The number of carbonyl (C=O) groups excluding carboxylic acids is 2. The second-order valence-electron chi connectivity index (χ2n) is 6.06. The van der Waals surface area contributed by atoms with Crippen LogP contribution in [0.4, 0.5) is 0 Å². The lowest BCUT2D eigenvalue weighted by Gasteiger charge is -2.27. The number of carbonyl (C=O) groups is 2. The molecule has 0 bridgehead atoms. The molecule has 4 aliphatic rings. The van der Waals surface area contributed by atoms with Crippen molar-refractivity contribution in [3.63, 3.8) is 0 Å². The molecule has 2 saturated heterocycles. The van der Waals surface area contributed by atoms with Crippen molar-refractivity contribution in [2.24, 2.45) is 17.3 Å². The maximum atomic E-state index is 12.0. The number of methoxy groups -OCH3 is 1. The molecule has 0 aromatic rings. The van der Waals surface area contributed by atoms with Crippen molar-refractivity contribution in [3.05, 3.63) is 0 Å². The average Bonchev–Trinajstić information content (AvgIpc) is 2.98. The quantitative estimate of drug-likeness (QED) is 0.558. The highest BCUT2D eigenvalue weighted by molar-refractivity contribution is 6.07. The molecule has 20 heavy (non-hydrogen) atoms. The van der Waals surface area contributed by atoms with Gasteiger partial charge in [0.2, 0.25) is 0 Å². The van der Waals surface area contributed by atoms with Crippen molar-refractivity contribution in [3.8, 4) is 0 Å². The maximum Gasteiger partial charge on any atom is 0.324 e. The van der Waals surface area contributed by atoms with E-state index in [0.29, 0.717) is 13.0 Å². The lowest BCUT2D eigenvalue weighted by atomic mass is 9.96. The van der Waals surface area contributed by atoms with Crippen LogP contribution >= 0.6 is 0 Å². The van der Waals surface area contributed by atoms with E-state index in [1.165, 1.54) is 7.11 Å². The molecule has 6 heteroatoms. The first-order valence-corrected chi connectivity index (χ1v) is 7.26. The zero-order valence-electron chi connectivity index (χ0n) is 11.4. The third kappa shape index (κ3) is 1.41. The minimum Gasteiger partial charge on any atom is -0.468 e. The summed E-state index contributed by atoms with van der Waals surface area (Å²) in [6.45, 7) is 0.715. The average molecular weight is 282 g/mol. The molecule has 0 aromatic carbocycles. The molecule has 0 aromatic heterocycles. The number of ether oxygens (including phenoxy) is 4. The summed E-state index contributed by atoms with van der Waals surface area (Å²) in [5.41, 5.74) is -1.09. The minimum absolute atomic E-state index is 0.0592. The van der Waals surface area contributed by atoms with Gasteiger partial charge in [-0.1, -0.05) is 0 Å². The fraction of sp³-hybridized carbons (Fsp3) is 0.857. The standard InChI is InChI=1S/C14H18O6/c1-17-12(15)14-10-7(19-9-4-2-3-5-18-9)6-8(11(10)14)20-13(14)16/h7-11H,2-6H2,1H3/t7-,8+,9?,10-,11+,14?/m1/s1. The molecule has 0 radical (unpaired) electrons. The lowest BCUT2D eigenvalue weighted by Crippen LogP contribution is -2.34. The summed E-state index contributed by atoms with van der Waals surface area (Å²) in [5, 5.41) is 0. The Morgan fingerprint density at radius 3 is 2.90 bits per heavy atom. The number of fused-ring (bicyclic) bond motifs is 1. The van der Waals surface area contributed by atoms with Crippen LogP contribution in [0.25, 0.3) is 0 Å². The molecular formula is C14H18O6. The van der Waals surface area contributed by atoms with Gasteiger partial charge in [-0.25, -0.2) is 0 Å². The molecule has 6 atom stereocenters. The van der Waals surface area contributed by atoms with Gasteiger partial charge < -0.3 is 18.9 Å². The highest BCUT2D eigenvalue weighted by Crippen LogP contribution is 2.73. The van der Waals surface area contributed by atoms with Crippen LogP contribution in [0.15, 0.2) is 0 Å². The van der Waals surface area contributed by atoms with Gasteiger partial charge in [0.15, 0.2) is 11.7 Å². The molecule has 110 valence electrons. The van der Waals surface area contributed by atoms with Crippen LogP contribution in [0.3, 0.4) is 0 Å². The van der Waals surface area contributed by atoms with Gasteiger partial charge in [0.25, 0.3) is 0 Å². The van der Waals surface area contributed by atoms with E-state index in [4.69, 9.17) is 18.9 Å². The molecule has 0 N–H and O–H groups in total. The molecule has 0 spiro atoms. The molecule has 4 fully saturated rings. The van der Waals surface area contributed by atoms with Crippen molar-refractivity contribution in [2.45, 2.75) is 44.2 Å². The summed E-state index contributed by atoms with van der Waals surface area (Å²) >= 11 is 0. The predicted molar refractivity (Wildman–Crippen MR) is 64.4 cm³/mol. The van der Waals surface area contributed by atoms with Crippen LogP contribution in [0.2, 0.25) is 0 Å². The highest BCUT2D eigenvalue weighted by atomic mass is 16.7. The van der Waals surface area contributed by atoms with Crippen molar-refractivity contribution in [1.82, 2.24) is 0 Å². The van der Waals surface area contributed by atoms with Gasteiger partial charge in [-0.2, -0.15) is 0 Å².